The molecule has 0 aliphatic heterocycles. The lowest BCUT2D eigenvalue weighted by molar-refractivity contribution is 1.77. The van der Waals surface area contributed by atoms with Crippen molar-refractivity contribution in [2.75, 3.05) is 0 Å². The smallest absolute Gasteiger partial charge is 0.0349 e. The predicted molar refractivity (Wildman–Crippen MR) is 82.6 cm³/mol. The van der Waals surface area contributed by atoms with Gasteiger partial charge in [0.1, 0.15) is 0 Å². The summed E-state index contributed by atoms with van der Waals surface area (Å²) in [4.78, 5) is 0. The molecule has 2 heteroatoms. The van der Waals surface area contributed by atoms with E-state index in [-0.39, 0.29) is 0 Å². The van der Waals surface area contributed by atoms with Crippen molar-refractivity contribution in [1.29, 1.82) is 0 Å². The Morgan fingerprint density at radius 2 is 1.72 bits per heavy atom. The Kier molecular flexibility index (Phi) is 2.25. The first-order chi connectivity index (χ1) is 8.92. The Morgan fingerprint density at radius 3 is 2.72 bits per heavy atom. The molecule has 0 nitrogen and oxygen atoms in total. The van der Waals surface area contributed by atoms with Crippen molar-refractivity contribution in [3.63, 3.8) is 0 Å². The molecule has 4 rings (SSSR count). The van der Waals surface area contributed by atoms with Crippen LogP contribution < -0.4 is 0 Å². The molecule has 0 saturated carbocycles. The third kappa shape index (κ3) is 1.50. The topological polar surface area (TPSA) is 0 Å². The van der Waals surface area contributed by atoms with E-state index in [9.17, 15) is 0 Å². The second kappa shape index (κ2) is 3.94. The van der Waals surface area contributed by atoms with Gasteiger partial charge in [0.15, 0.2) is 0 Å². The zero-order valence-corrected chi connectivity index (χ0v) is 11.2. The molecule has 18 heavy (non-hydrogen) atoms. The van der Waals surface area contributed by atoms with Crippen LogP contribution in [-0.4, -0.2) is 0 Å². The van der Waals surface area contributed by atoms with Gasteiger partial charge in [0.05, 0.1) is 0 Å². The highest BCUT2D eigenvalue weighted by atomic mass is 32.1. The van der Waals surface area contributed by atoms with Crippen molar-refractivity contribution in [2.45, 2.75) is 0 Å². The molecule has 0 unspecified atom stereocenters. The average molecular weight is 266 g/mol. The Hall–Kier alpha value is -1.64. The van der Waals surface area contributed by atoms with Crippen LogP contribution in [0.2, 0.25) is 0 Å². The van der Waals surface area contributed by atoms with Gasteiger partial charge in [0.25, 0.3) is 0 Å². The maximum Gasteiger partial charge on any atom is 0.0349 e. The fourth-order valence-electron chi connectivity index (χ4n) is 2.32. The highest BCUT2D eigenvalue weighted by molar-refractivity contribution is 7.18. The molecule has 0 fully saturated rings. The number of thiophene rings is 2. The minimum atomic E-state index is 1.32. The van der Waals surface area contributed by atoms with Crippen molar-refractivity contribution in [1.82, 2.24) is 0 Å². The molecule has 0 amide bonds. The summed E-state index contributed by atoms with van der Waals surface area (Å²) in [6.07, 6.45) is 0. The third-order valence-corrected chi connectivity index (χ3v) is 5.09. The molecule has 2 aromatic heterocycles. The molecule has 4 aromatic rings. The summed E-state index contributed by atoms with van der Waals surface area (Å²) in [5, 5.41) is 7.11. The second-order valence-electron chi connectivity index (χ2n) is 4.32. The van der Waals surface area contributed by atoms with Gasteiger partial charge in [-0.3, -0.25) is 0 Å². The number of benzene rings is 2. The first-order valence-corrected chi connectivity index (χ1v) is 7.62. The van der Waals surface area contributed by atoms with Crippen molar-refractivity contribution in [3.8, 4) is 11.1 Å². The average Bonchev–Trinajstić information content (AvgIpc) is 3.04. The molecule has 0 N–H and O–H groups in total. The van der Waals surface area contributed by atoms with E-state index in [1.807, 2.05) is 22.7 Å². The summed E-state index contributed by atoms with van der Waals surface area (Å²) in [5.74, 6) is 0. The minimum absolute atomic E-state index is 1.32. The van der Waals surface area contributed by atoms with E-state index in [1.54, 1.807) is 0 Å². The lowest BCUT2D eigenvalue weighted by Crippen LogP contribution is -1.74. The van der Waals surface area contributed by atoms with Crippen LogP contribution in [0.4, 0.5) is 0 Å². The van der Waals surface area contributed by atoms with Crippen LogP contribution in [0.5, 0.6) is 0 Å². The fraction of sp³-hybridized carbons (Fsp3) is 0. The van der Waals surface area contributed by atoms with Gasteiger partial charge in [-0.15, -0.1) is 22.7 Å². The van der Waals surface area contributed by atoms with Gasteiger partial charge in [0.2, 0.25) is 0 Å². The maximum absolute atomic E-state index is 2.30. The van der Waals surface area contributed by atoms with Crippen molar-refractivity contribution >= 4 is 42.8 Å². The quantitative estimate of drug-likeness (QED) is 0.409. The van der Waals surface area contributed by atoms with E-state index in [1.165, 1.54) is 31.3 Å². The van der Waals surface area contributed by atoms with E-state index in [0.29, 0.717) is 0 Å². The normalized spacial score (nSPS) is 11.3. The monoisotopic (exact) mass is 266 g/mol. The van der Waals surface area contributed by atoms with Crippen LogP contribution in [0.25, 0.3) is 31.3 Å². The molecule has 2 heterocycles. The lowest BCUT2D eigenvalue weighted by Gasteiger charge is -2.00. The summed E-state index contributed by atoms with van der Waals surface area (Å²) in [6.45, 7) is 0. The zero-order valence-electron chi connectivity index (χ0n) is 9.59. The van der Waals surface area contributed by atoms with Gasteiger partial charge in [-0.1, -0.05) is 30.3 Å². The first kappa shape index (κ1) is 10.3. The van der Waals surface area contributed by atoms with E-state index >= 15 is 0 Å². The van der Waals surface area contributed by atoms with E-state index in [0.717, 1.165) is 0 Å². The summed E-state index contributed by atoms with van der Waals surface area (Å²) in [5.41, 5.74) is 2.67. The fourth-order valence-corrected chi connectivity index (χ4v) is 4.12. The minimum Gasteiger partial charge on any atom is -0.144 e. The number of hydrogen-bond acceptors (Lipinski definition) is 2. The third-order valence-electron chi connectivity index (χ3n) is 3.25. The number of hydrogen-bond donors (Lipinski definition) is 0. The lowest BCUT2D eigenvalue weighted by atomic mass is 10.0. The summed E-state index contributed by atoms with van der Waals surface area (Å²) >= 11 is 3.63. The Balaban J connectivity index is 2.00. The summed E-state index contributed by atoms with van der Waals surface area (Å²) in [6, 6.07) is 17.5. The molecule has 86 valence electrons. The molecular formula is C16H10S2. The van der Waals surface area contributed by atoms with Crippen molar-refractivity contribution < 1.29 is 0 Å². The Labute approximate surface area is 113 Å². The van der Waals surface area contributed by atoms with Crippen LogP contribution >= 0.6 is 22.7 Å². The second-order valence-corrected chi connectivity index (χ2v) is 6.18. The molecule has 0 saturated heterocycles. The highest BCUT2D eigenvalue weighted by Gasteiger charge is 2.06. The standard InChI is InChI=1S/C16H10S2/c1-2-4-15-13(3-1)14(10-18-15)12-6-5-11-7-8-17-16(11)9-12/h1-10H. The van der Waals surface area contributed by atoms with Gasteiger partial charge >= 0.3 is 0 Å². The first-order valence-electron chi connectivity index (χ1n) is 5.86. The van der Waals surface area contributed by atoms with Crippen LogP contribution in [-0.2, 0) is 0 Å². The maximum atomic E-state index is 2.30. The van der Waals surface area contributed by atoms with Crippen LogP contribution in [0.3, 0.4) is 0 Å². The summed E-state index contributed by atoms with van der Waals surface area (Å²) < 4.78 is 2.72. The van der Waals surface area contributed by atoms with Crippen molar-refractivity contribution in [2.24, 2.45) is 0 Å². The molecule has 0 radical (unpaired) electrons. The molecule has 0 spiro atoms. The van der Waals surface area contributed by atoms with Gasteiger partial charge in [-0.2, -0.15) is 0 Å². The Morgan fingerprint density at radius 1 is 0.778 bits per heavy atom. The van der Waals surface area contributed by atoms with Gasteiger partial charge in [0, 0.05) is 20.3 Å². The molecular weight excluding hydrogens is 256 g/mol. The molecule has 0 atom stereocenters. The highest BCUT2D eigenvalue weighted by Crippen LogP contribution is 2.35. The van der Waals surface area contributed by atoms with Crippen LogP contribution in [0.1, 0.15) is 0 Å². The number of fused-ring (bicyclic) bond motifs is 2. The van der Waals surface area contributed by atoms with Gasteiger partial charge in [-0.25, -0.2) is 0 Å². The Bertz CT molecular complexity index is 836. The van der Waals surface area contributed by atoms with Gasteiger partial charge < -0.3 is 0 Å². The van der Waals surface area contributed by atoms with E-state index in [4.69, 9.17) is 0 Å². The predicted octanol–water partition coefficient (Wildman–Crippen LogP) is 5.78. The zero-order chi connectivity index (χ0) is 11.9. The van der Waals surface area contributed by atoms with Crippen LogP contribution in [0.15, 0.2) is 59.3 Å². The van der Waals surface area contributed by atoms with E-state index < -0.39 is 0 Å². The number of rotatable bonds is 1. The molecule has 0 aliphatic rings. The summed E-state index contributed by atoms with van der Waals surface area (Å²) in [7, 11) is 0. The molecule has 2 aromatic carbocycles. The molecule has 0 aliphatic carbocycles. The van der Waals surface area contributed by atoms with E-state index in [2.05, 4.69) is 59.3 Å². The largest absolute Gasteiger partial charge is 0.144 e. The van der Waals surface area contributed by atoms with Gasteiger partial charge in [-0.05, 0) is 39.9 Å². The van der Waals surface area contributed by atoms with Crippen molar-refractivity contribution in [3.05, 3.63) is 59.3 Å². The SMILES string of the molecule is c1ccc2c(-c3ccc4ccsc4c3)csc2c1. The molecule has 0 bridgehead atoms. The van der Waals surface area contributed by atoms with Crippen LogP contribution in [0, 0.1) is 0 Å².